The summed E-state index contributed by atoms with van der Waals surface area (Å²) < 4.78 is 0. The minimum atomic E-state index is -0.186. The second kappa shape index (κ2) is 6.65. The second-order valence-corrected chi connectivity index (χ2v) is 4.64. The van der Waals surface area contributed by atoms with E-state index >= 15 is 0 Å². The maximum atomic E-state index is 11.8. The molecule has 0 aliphatic carbocycles. The van der Waals surface area contributed by atoms with Crippen LogP contribution in [0.4, 0.5) is 5.82 Å². The molecule has 2 aromatic heterocycles. The molecule has 7 nitrogen and oxygen atoms in total. The van der Waals surface area contributed by atoms with Gasteiger partial charge < -0.3 is 10.6 Å². The van der Waals surface area contributed by atoms with E-state index in [-0.39, 0.29) is 5.91 Å². The first-order valence-electron chi connectivity index (χ1n) is 6.50. The summed E-state index contributed by atoms with van der Waals surface area (Å²) in [6.45, 7) is 5.14. The van der Waals surface area contributed by atoms with Crippen molar-refractivity contribution < 1.29 is 4.79 Å². The summed E-state index contributed by atoms with van der Waals surface area (Å²) >= 11 is 0. The molecule has 0 atom stereocenters. The molecule has 0 aliphatic heterocycles. The number of aromatic nitrogens is 4. The van der Waals surface area contributed by atoms with Gasteiger partial charge in [-0.1, -0.05) is 13.8 Å². The van der Waals surface area contributed by atoms with E-state index in [9.17, 15) is 4.79 Å². The zero-order chi connectivity index (χ0) is 14.4. The fraction of sp³-hybridized carbons (Fsp3) is 0.385. The minimum absolute atomic E-state index is 0.186. The summed E-state index contributed by atoms with van der Waals surface area (Å²) in [5.74, 6) is 0.820. The van der Waals surface area contributed by atoms with Crippen LogP contribution in [0.2, 0.25) is 0 Å². The Morgan fingerprint density at radius 1 is 1.35 bits per heavy atom. The molecule has 0 aliphatic rings. The van der Waals surface area contributed by atoms with Crippen molar-refractivity contribution in [1.29, 1.82) is 0 Å². The van der Waals surface area contributed by atoms with E-state index in [1.54, 1.807) is 24.7 Å². The van der Waals surface area contributed by atoms with Crippen LogP contribution in [0.3, 0.4) is 0 Å². The molecule has 106 valence electrons. The molecule has 2 rings (SSSR count). The van der Waals surface area contributed by atoms with E-state index in [1.165, 1.54) is 0 Å². The highest BCUT2D eigenvalue weighted by molar-refractivity contribution is 5.92. The van der Waals surface area contributed by atoms with Gasteiger partial charge in [-0.15, -0.1) is 0 Å². The summed E-state index contributed by atoms with van der Waals surface area (Å²) in [6.07, 6.45) is 4.85. The molecule has 0 aromatic carbocycles. The topological polar surface area (TPSA) is 95.6 Å². The molecule has 20 heavy (non-hydrogen) atoms. The Labute approximate surface area is 117 Å². The fourth-order valence-corrected chi connectivity index (χ4v) is 1.60. The second-order valence-electron chi connectivity index (χ2n) is 4.64. The standard InChI is InChI=1S/C13H18N6O/c1-9(2)10-7-11(19-18-10)13(20)17-6-5-16-12-8-14-3-4-15-12/h3-4,7-9H,5-6H2,1-2H3,(H,15,16)(H,17,20)(H,18,19). The predicted octanol–water partition coefficient (Wildman–Crippen LogP) is 1.17. The van der Waals surface area contributed by atoms with Gasteiger partial charge in [0, 0.05) is 31.2 Å². The maximum Gasteiger partial charge on any atom is 0.271 e. The first kappa shape index (κ1) is 14.0. The van der Waals surface area contributed by atoms with Crippen LogP contribution in [0.25, 0.3) is 0 Å². The van der Waals surface area contributed by atoms with E-state index in [4.69, 9.17) is 0 Å². The summed E-state index contributed by atoms with van der Waals surface area (Å²) in [5.41, 5.74) is 1.36. The van der Waals surface area contributed by atoms with Crippen molar-refractivity contribution in [1.82, 2.24) is 25.5 Å². The number of amides is 1. The van der Waals surface area contributed by atoms with Gasteiger partial charge in [0.2, 0.25) is 0 Å². The zero-order valence-electron chi connectivity index (χ0n) is 11.6. The number of anilines is 1. The van der Waals surface area contributed by atoms with E-state index in [0.717, 1.165) is 5.69 Å². The SMILES string of the molecule is CC(C)c1cc(C(=O)NCCNc2cnccn2)n[nH]1. The average molecular weight is 274 g/mol. The molecule has 2 aromatic rings. The molecular formula is C13H18N6O. The number of nitrogens with one attached hydrogen (secondary N) is 3. The lowest BCUT2D eigenvalue weighted by Crippen LogP contribution is -2.29. The van der Waals surface area contributed by atoms with E-state index in [2.05, 4.69) is 30.8 Å². The van der Waals surface area contributed by atoms with Crippen LogP contribution >= 0.6 is 0 Å². The molecule has 2 heterocycles. The highest BCUT2D eigenvalue weighted by atomic mass is 16.1. The third-order valence-corrected chi connectivity index (χ3v) is 2.73. The van der Waals surface area contributed by atoms with Crippen molar-refractivity contribution in [3.63, 3.8) is 0 Å². The molecule has 0 spiro atoms. The van der Waals surface area contributed by atoms with Gasteiger partial charge in [-0.05, 0) is 12.0 Å². The zero-order valence-corrected chi connectivity index (χ0v) is 11.6. The van der Waals surface area contributed by atoms with Crippen molar-refractivity contribution in [3.05, 3.63) is 36.0 Å². The summed E-state index contributed by atoms with van der Waals surface area (Å²) in [5, 5.41) is 12.7. The molecule has 0 unspecified atom stereocenters. The number of carbonyl (C=O) groups is 1. The molecular weight excluding hydrogens is 256 g/mol. The monoisotopic (exact) mass is 274 g/mol. The fourth-order valence-electron chi connectivity index (χ4n) is 1.60. The molecule has 7 heteroatoms. The maximum absolute atomic E-state index is 11.8. The molecule has 3 N–H and O–H groups in total. The first-order chi connectivity index (χ1) is 9.66. The Morgan fingerprint density at radius 2 is 2.20 bits per heavy atom. The number of hydrogen-bond acceptors (Lipinski definition) is 5. The lowest BCUT2D eigenvalue weighted by molar-refractivity contribution is 0.0950. The van der Waals surface area contributed by atoms with Crippen molar-refractivity contribution >= 4 is 11.7 Å². The molecule has 0 saturated heterocycles. The molecule has 1 amide bonds. The van der Waals surface area contributed by atoms with E-state index < -0.39 is 0 Å². The van der Waals surface area contributed by atoms with Gasteiger partial charge in [0.25, 0.3) is 5.91 Å². The summed E-state index contributed by atoms with van der Waals surface area (Å²) in [6, 6.07) is 1.77. The van der Waals surface area contributed by atoms with Gasteiger partial charge in [0.1, 0.15) is 11.5 Å². The Hall–Kier alpha value is -2.44. The number of rotatable bonds is 6. The number of nitrogens with zero attached hydrogens (tertiary/aromatic N) is 3. The van der Waals surface area contributed by atoms with Gasteiger partial charge in [-0.2, -0.15) is 5.10 Å². The van der Waals surface area contributed by atoms with Crippen molar-refractivity contribution in [2.75, 3.05) is 18.4 Å². The van der Waals surface area contributed by atoms with Crippen LogP contribution in [-0.4, -0.2) is 39.2 Å². The highest BCUT2D eigenvalue weighted by Gasteiger charge is 2.11. The van der Waals surface area contributed by atoms with Crippen LogP contribution in [0.1, 0.15) is 35.9 Å². The smallest absolute Gasteiger partial charge is 0.271 e. The molecule has 0 fully saturated rings. The minimum Gasteiger partial charge on any atom is -0.367 e. The van der Waals surface area contributed by atoms with E-state index in [1.807, 2.05) is 13.8 Å². The lowest BCUT2D eigenvalue weighted by atomic mass is 10.1. The number of hydrogen-bond donors (Lipinski definition) is 3. The van der Waals surface area contributed by atoms with Gasteiger partial charge in [0.15, 0.2) is 0 Å². The van der Waals surface area contributed by atoms with Crippen LogP contribution in [0.5, 0.6) is 0 Å². The predicted molar refractivity (Wildman–Crippen MR) is 75.5 cm³/mol. The third kappa shape index (κ3) is 3.78. The Kier molecular flexibility index (Phi) is 4.65. The number of carbonyl (C=O) groups excluding carboxylic acids is 1. The van der Waals surface area contributed by atoms with Crippen LogP contribution in [0, 0.1) is 0 Å². The number of aromatic amines is 1. The van der Waals surface area contributed by atoms with E-state index in [0.29, 0.717) is 30.5 Å². The third-order valence-electron chi connectivity index (χ3n) is 2.73. The summed E-state index contributed by atoms with van der Waals surface area (Å²) in [4.78, 5) is 19.9. The molecule has 0 bridgehead atoms. The van der Waals surface area contributed by atoms with Crippen LogP contribution < -0.4 is 10.6 Å². The highest BCUT2D eigenvalue weighted by Crippen LogP contribution is 2.11. The van der Waals surface area contributed by atoms with Crippen molar-refractivity contribution in [2.24, 2.45) is 0 Å². The van der Waals surface area contributed by atoms with Gasteiger partial charge in [-0.25, -0.2) is 4.98 Å². The van der Waals surface area contributed by atoms with Crippen LogP contribution in [0.15, 0.2) is 24.7 Å². The van der Waals surface area contributed by atoms with Crippen LogP contribution in [-0.2, 0) is 0 Å². The van der Waals surface area contributed by atoms with Gasteiger partial charge in [-0.3, -0.25) is 14.9 Å². The normalized spacial score (nSPS) is 10.6. The average Bonchev–Trinajstić information content (AvgIpc) is 2.94. The first-order valence-corrected chi connectivity index (χ1v) is 6.50. The van der Waals surface area contributed by atoms with Gasteiger partial charge >= 0.3 is 0 Å². The quantitative estimate of drug-likeness (QED) is 0.687. The molecule has 0 saturated carbocycles. The summed E-state index contributed by atoms with van der Waals surface area (Å²) in [7, 11) is 0. The van der Waals surface area contributed by atoms with Gasteiger partial charge in [0.05, 0.1) is 6.20 Å². The largest absolute Gasteiger partial charge is 0.367 e. The molecule has 0 radical (unpaired) electrons. The Morgan fingerprint density at radius 3 is 2.85 bits per heavy atom. The van der Waals surface area contributed by atoms with Crippen molar-refractivity contribution in [3.8, 4) is 0 Å². The Bertz CT molecular complexity index is 551. The Balaban J connectivity index is 1.75. The van der Waals surface area contributed by atoms with Crippen molar-refractivity contribution in [2.45, 2.75) is 19.8 Å². The number of H-pyrrole nitrogens is 1. The lowest BCUT2D eigenvalue weighted by Gasteiger charge is -2.05.